The van der Waals surface area contributed by atoms with E-state index in [1.54, 1.807) is 13.2 Å². The number of carbonyl (C=O) groups excluding carboxylic acids is 1. The molecule has 0 aliphatic heterocycles. The van der Waals surface area contributed by atoms with Gasteiger partial charge in [-0.05, 0) is 54.3 Å². The van der Waals surface area contributed by atoms with Gasteiger partial charge in [0.1, 0.15) is 18.1 Å². The van der Waals surface area contributed by atoms with Crippen LogP contribution in [-0.2, 0) is 6.61 Å². The van der Waals surface area contributed by atoms with Crippen LogP contribution in [0.5, 0.6) is 11.5 Å². The molecule has 0 saturated heterocycles. The van der Waals surface area contributed by atoms with Crippen molar-refractivity contribution < 1.29 is 14.3 Å². The normalized spacial score (nSPS) is 13.8. The average molecular weight is 402 g/mol. The third kappa shape index (κ3) is 4.82. The lowest BCUT2D eigenvalue weighted by molar-refractivity contribution is 0.0937. The van der Waals surface area contributed by atoms with Crippen molar-refractivity contribution in [3.8, 4) is 22.6 Å². The molecule has 1 amide bonds. The van der Waals surface area contributed by atoms with Gasteiger partial charge in [-0.1, -0.05) is 55.3 Å². The van der Waals surface area contributed by atoms with Crippen molar-refractivity contribution in [3.05, 3.63) is 83.9 Å². The zero-order valence-corrected chi connectivity index (χ0v) is 17.3. The van der Waals surface area contributed by atoms with Crippen LogP contribution in [-0.4, -0.2) is 19.1 Å². The maximum atomic E-state index is 12.6. The van der Waals surface area contributed by atoms with Crippen LogP contribution < -0.4 is 14.8 Å². The summed E-state index contributed by atoms with van der Waals surface area (Å²) in [5.74, 6) is 1.46. The molecule has 1 aliphatic carbocycles. The van der Waals surface area contributed by atoms with Crippen LogP contribution >= 0.6 is 0 Å². The second-order valence-corrected chi connectivity index (χ2v) is 7.66. The summed E-state index contributed by atoms with van der Waals surface area (Å²) < 4.78 is 11.4. The van der Waals surface area contributed by atoms with Crippen LogP contribution in [0.3, 0.4) is 0 Å². The van der Waals surface area contributed by atoms with Gasteiger partial charge in [-0.15, -0.1) is 0 Å². The topological polar surface area (TPSA) is 47.6 Å². The standard InChI is InChI=1S/C26H27NO3/c1-29-25-16-13-21(26(28)27-23-9-5-6-10-23)17-22(25)18-30-24-14-11-20(12-15-24)19-7-3-2-4-8-19/h2-4,7-8,11-17,23H,5-6,9-10,18H2,1H3,(H,27,28). The van der Waals surface area contributed by atoms with Gasteiger partial charge < -0.3 is 14.8 Å². The number of rotatable bonds is 7. The zero-order valence-electron chi connectivity index (χ0n) is 17.3. The first-order valence-electron chi connectivity index (χ1n) is 10.5. The Kier molecular flexibility index (Phi) is 6.33. The molecule has 1 aliphatic rings. The number of nitrogens with one attached hydrogen (secondary N) is 1. The highest BCUT2D eigenvalue weighted by Crippen LogP contribution is 2.25. The number of ether oxygens (including phenoxy) is 2. The van der Waals surface area contributed by atoms with E-state index in [0.717, 1.165) is 29.7 Å². The van der Waals surface area contributed by atoms with E-state index in [0.29, 0.717) is 24.0 Å². The minimum Gasteiger partial charge on any atom is -0.496 e. The van der Waals surface area contributed by atoms with Gasteiger partial charge in [0.05, 0.1) is 7.11 Å². The van der Waals surface area contributed by atoms with Crippen LogP contribution in [0.2, 0.25) is 0 Å². The van der Waals surface area contributed by atoms with Crippen molar-refractivity contribution in [2.24, 2.45) is 0 Å². The molecule has 0 unspecified atom stereocenters. The van der Waals surface area contributed by atoms with Gasteiger partial charge in [0, 0.05) is 17.2 Å². The average Bonchev–Trinajstić information content (AvgIpc) is 3.31. The lowest BCUT2D eigenvalue weighted by atomic mass is 10.1. The molecule has 0 aromatic heterocycles. The molecular formula is C26H27NO3. The van der Waals surface area contributed by atoms with Gasteiger partial charge in [-0.25, -0.2) is 0 Å². The maximum absolute atomic E-state index is 12.6. The molecule has 154 valence electrons. The highest BCUT2D eigenvalue weighted by Gasteiger charge is 2.19. The summed E-state index contributed by atoms with van der Waals surface area (Å²) in [5, 5.41) is 3.13. The number of hydrogen-bond acceptors (Lipinski definition) is 3. The summed E-state index contributed by atoms with van der Waals surface area (Å²) in [6, 6.07) is 24.1. The van der Waals surface area contributed by atoms with E-state index in [1.807, 2.05) is 54.6 Å². The van der Waals surface area contributed by atoms with Crippen LogP contribution in [0.25, 0.3) is 11.1 Å². The second kappa shape index (κ2) is 9.49. The highest BCUT2D eigenvalue weighted by molar-refractivity contribution is 5.94. The first-order chi connectivity index (χ1) is 14.7. The summed E-state index contributed by atoms with van der Waals surface area (Å²) >= 11 is 0. The van der Waals surface area contributed by atoms with E-state index in [9.17, 15) is 4.79 Å². The molecule has 0 radical (unpaired) electrons. The van der Waals surface area contributed by atoms with Crippen LogP contribution in [0, 0.1) is 0 Å². The predicted octanol–water partition coefficient (Wildman–Crippen LogP) is 5.61. The first kappa shape index (κ1) is 20.0. The van der Waals surface area contributed by atoms with Crippen molar-refractivity contribution >= 4 is 5.91 Å². The second-order valence-electron chi connectivity index (χ2n) is 7.66. The lowest BCUT2D eigenvalue weighted by Gasteiger charge is -2.15. The Bertz CT molecular complexity index is 977. The summed E-state index contributed by atoms with van der Waals surface area (Å²) in [6.45, 7) is 0.332. The molecular weight excluding hydrogens is 374 g/mol. The number of amides is 1. The Labute approximate surface area is 177 Å². The van der Waals surface area contributed by atoms with E-state index in [2.05, 4.69) is 17.4 Å². The molecule has 0 atom stereocenters. The third-order valence-corrected chi connectivity index (χ3v) is 5.59. The molecule has 0 spiro atoms. The molecule has 4 rings (SSSR count). The largest absolute Gasteiger partial charge is 0.496 e. The molecule has 3 aromatic carbocycles. The summed E-state index contributed by atoms with van der Waals surface area (Å²) in [7, 11) is 1.63. The number of benzene rings is 3. The molecule has 4 heteroatoms. The van der Waals surface area contributed by atoms with Gasteiger partial charge in [0.2, 0.25) is 0 Å². The number of methoxy groups -OCH3 is 1. The lowest BCUT2D eigenvalue weighted by Crippen LogP contribution is -2.32. The van der Waals surface area contributed by atoms with Gasteiger partial charge in [0.15, 0.2) is 0 Å². The third-order valence-electron chi connectivity index (χ3n) is 5.59. The van der Waals surface area contributed by atoms with Crippen LogP contribution in [0.1, 0.15) is 41.6 Å². The fourth-order valence-electron chi connectivity index (χ4n) is 3.91. The molecule has 4 nitrogen and oxygen atoms in total. The Balaban J connectivity index is 1.43. The number of hydrogen-bond donors (Lipinski definition) is 1. The number of carbonyl (C=O) groups is 1. The van der Waals surface area contributed by atoms with E-state index in [4.69, 9.17) is 9.47 Å². The SMILES string of the molecule is COc1ccc(C(=O)NC2CCCC2)cc1COc1ccc(-c2ccccc2)cc1. The summed E-state index contributed by atoms with van der Waals surface area (Å²) in [4.78, 5) is 12.6. The van der Waals surface area contributed by atoms with Gasteiger partial charge in [0.25, 0.3) is 5.91 Å². The molecule has 0 bridgehead atoms. The fourth-order valence-corrected chi connectivity index (χ4v) is 3.91. The molecule has 0 heterocycles. The van der Waals surface area contributed by atoms with Crippen molar-refractivity contribution in [1.82, 2.24) is 5.32 Å². The van der Waals surface area contributed by atoms with Gasteiger partial charge in [-0.3, -0.25) is 4.79 Å². The minimum atomic E-state index is -0.0296. The minimum absolute atomic E-state index is 0.0296. The monoisotopic (exact) mass is 401 g/mol. The van der Waals surface area contributed by atoms with Gasteiger partial charge >= 0.3 is 0 Å². The molecule has 1 saturated carbocycles. The first-order valence-corrected chi connectivity index (χ1v) is 10.5. The Morgan fingerprint density at radius 2 is 1.63 bits per heavy atom. The van der Waals surface area contributed by atoms with Crippen LogP contribution in [0.15, 0.2) is 72.8 Å². The summed E-state index contributed by atoms with van der Waals surface area (Å²) in [5.41, 5.74) is 3.81. The fraction of sp³-hybridized carbons (Fsp3) is 0.269. The van der Waals surface area contributed by atoms with E-state index < -0.39 is 0 Å². The predicted molar refractivity (Wildman–Crippen MR) is 119 cm³/mol. The Hall–Kier alpha value is -3.27. The molecule has 3 aromatic rings. The maximum Gasteiger partial charge on any atom is 0.251 e. The highest BCUT2D eigenvalue weighted by atomic mass is 16.5. The van der Waals surface area contributed by atoms with E-state index >= 15 is 0 Å². The van der Waals surface area contributed by atoms with Gasteiger partial charge in [-0.2, -0.15) is 0 Å². The van der Waals surface area contributed by atoms with Crippen molar-refractivity contribution in [2.45, 2.75) is 38.3 Å². The Morgan fingerprint density at radius 3 is 2.33 bits per heavy atom. The van der Waals surface area contributed by atoms with Crippen molar-refractivity contribution in [1.29, 1.82) is 0 Å². The molecule has 1 fully saturated rings. The van der Waals surface area contributed by atoms with Crippen LogP contribution in [0.4, 0.5) is 0 Å². The van der Waals surface area contributed by atoms with E-state index in [1.165, 1.54) is 18.4 Å². The zero-order chi connectivity index (χ0) is 20.8. The molecule has 30 heavy (non-hydrogen) atoms. The van der Waals surface area contributed by atoms with E-state index in [-0.39, 0.29) is 5.91 Å². The smallest absolute Gasteiger partial charge is 0.251 e. The summed E-state index contributed by atoms with van der Waals surface area (Å²) in [6.07, 6.45) is 4.51. The quantitative estimate of drug-likeness (QED) is 0.559. The van der Waals surface area contributed by atoms with Crippen molar-refractivity contribution in [2.75, 3.05) is 7.11 Å². The van der Waals surface area contributed by atoms with Crippen molar-refractivity contribution in [3.63, 3.8) is 0 Å². The Morgan fingerprint density at radius 1 is 0.933 bits per heavy atom. The molecule has 1 N–H and O–H groups in total.